The van der Waals surface area contributed by atoms with Gasteiger partial charge in [-0.3, -0.25) is 14.5 Å². The number of anilines is 1. The quantitative estimate of drug-likeness (QED) is 0.760. The molecule has 0 aliphatic carbocycles. The number of halogens is 1. The largest absolute Gasteiger partial charge is 0.481 e. The number of nitrogens with one attached hydrogen (secondary N) is 1. The van der Waals surface area contributed by atoms with Gasteiger partial charge in [-0.2, -0.15) is 0 Å². The molecule has 0 radical (unpaired) electrons. The fraction of sp³-hybridized carbons (Fsp3) is 0.467. The van der Waals surface area contributed by atoms with E-state index < -0.39 is 5.97 Å². The molecular weight excluding hydrogens is 383 g/mol. The first-order valence-electron chi connectivity index (χ1n) is 6.98. The van der Waals surface area contributed by atoms with Gasteiger partial charge < -0.3 is 10.4 Å². The summed E-state index contributed by atoms with van der Waals surface area (Å²) in [5.41, 5.74) is 0.816. The fourth-order valence-corrected chi connectivity index (χ4v) is 3.14. The highest BCUT2D eigenvalue weighted by atomic mass is 127. The lowest BCUT2D eigenvalue weighted by atomic mass is 9.92. The number of nitrogens with zero attached hydrogens (tertiary/aromatic N) is 1. The third kappa shape index (κ3) is 4.41. The van der Waals surface area contributed by atoms with E-state index in [9.17, 15) is 9.59 Å². The van der Waals surface area contributed by atoms with Crippen molar-refractivity contribution >= 4 is 40.2 Å². The van der Waals surface area contributed by atoms with Crippen LogP contribution in [-0.4, -0.2) is 41.0 Å². The van der Waals surface area contributed by atoms with Gasteiger partial charge in [0.25, 0.3) is 0 Å². The molecular formula is C15H19IN2O3. The molecule has 114 valence electrons. The second-order valence-corrected chi connectivity index (χ2v) is 6.57. The average molecular weight is 402 g/mol. The van der Waals surface area contributed by atoms with Gasteiger partial charge in [-0.05, 0) is 61.0 Å². The van der Waals surface area contributed by atoms with Crippen molar-refractivity contribution in [3.63, 3.8) is 0 Å². The minimum atomic E-state index is -0.732. The summed E-state index contributed by atoms with van der Waals surface area (Å²) in [4.78, 5) is 25.2. The van der Waals surface area contributed by atoms with Crippen LogP contribution in [0.15, 0.2) is 24.3 Å². The van der Waals surface area contributed by atoms with Gasteiger partial charge >= 0.3 is 5.97 Å². The molecule has 1 aliphatic rings. The number of piperidine rings is 1. The van der Waals surface area contributed by atoms with Crippen molar-refractivity contribution < 1.29 is 14.7 Å². The van der Waals surface area contributed by atoms with Gasteiger partial charge in [0.2, 0.25) is 5.91 Å². The minimum Gasteiger partial charge on any atom is -0.481 e. The summed E-state index contributed by atoms with van der Waals surface area (Å²) in [5, 5.41) is 12.0. The van der Waals surface area contributed by atoms with Crippen LogP contribution in [-0.2, 0) is 9.59 Å². The summed E-state index contributed by atoms with van der Waals surface area (Å²) in [7, 11) is 0. The second-order valence-electron chi connectivity index (χ2n) is 5.41. The number of carboxylic acids is 1. The number of carbonyl (C=O) groups is 2. The molecule has 1 heterocycles. The van der Waals surface area contributed by atoms with Crippen LogP contribution in [0.25, 0.3) is 0 Å². The predicted molar refractivity (Wildman–Crippen MR) is 89.2 cm³/mol. The van der Waals surface area contributed by atoms with Crippen LogP contribution in [0.1, 0.15) is 19.8 Å². The minimum absolute atomic E-state index is 0.0558. The molecule has 1 aliphatic heterocycles. The van der Waals surface area contributed by atoms with Gasteiger partial charge in [0.1, 0.15) is 0 Å². The number of likely N-dealkylation sites (tertiary alicyclic amines) is 1. The van der Waals surface area contributed by atoms with Crippen LogP contribution < -0.4 is 5.32 Å². The first kappa shape index (κ1) is 16.2. The molecule has 2 rings (SSSR count). The van der Waals surface area contributed by atoms with Crippen molar-refractivity contribution in [1.29, 1.82) is 0 Å². The van der Waals surface area contributed by atoms with Crippen LogP contribution in [0.3, 0.4) is 0 Å². The predicted octanol–water partition coefficient (Wildman–Crippen LogP) is 2.41. The number of carboxylic acid groups (broad SMARTS) is 1. The molecule has 0 aromatic heterocycles. The number of amides is 1. The van der Waals surface area contributed by atoms with Gasteiger partial charge in [0.15, 0.2) is 0 Å². The Morgan fingerprint density at radius 2 is 2.14 bits per heavy atom. The lowest BCUT2D eigenvalue weighted by Gasteiger charge is -2.35. The molecule has 1 aromatic rings. The first-order chi connectivity index (χ1) is 9.97. The van der Waals surface area contributed by atoms with Crippen molar-refractivity contribution in [2.24, 2.45) is 5.92 Å². The Morgan fingerprint density at radius 3 is 2.76 bits per heavy atom. The molecule has 21 heavy (non-hydrogen) atoms. The highest BCUT2D eigenvalue weighted by Gasteiger charge is 2.30. The number of benzene rings is 1. The highest BCUT2D eigenvalue weighted by molar-refractivity contribution is 14.1. The molecule has 1 fully saturated rings. The van der Waals surface area contributed by atoms with Crippen molar-refractivity contribution in [1.82, 2.24) is 4.90 Å². The summed E-state index contributed by atoms with van der Waals surface area (Å²) in [6, 6.07) is 7.74. The van der Waals surface area contributed by atoms with Gasteiger partial charge in [-0.15, -0.1) is 0 Å². The molecule has 6 heteroatoms. The van der Waals surface area contributed by atoms with E-state index in [-0.39, 0.29) is 17.9 Å². The number of rotatable bonds is 4. The molecule has 0 spiro atoms. The molecule has 0 bridgehead atoms. The van der Waals surface area contributed by atoms with Crippen LogP contribution in [0, 0.1) is 9.49 Å². The highest BCUT2D eigenvalue weighted by Crippen LogP contribution is 2.23. The summed E-state index contributed by atoms with van der Waals surface area (Å²) in [6.07, 6.45) is 1.21. The van der Waals surface area contributed by atoms with Crippen molar-refractivity contribution in [2.75, 3.05) is 18.4 Å². The molecule has 5 nitrogen and oxygen atoms in total. The van der Waals surface area contributed by atoms with Gasteiger partial charge in [0.05, 0.1) is 18.2 Å². The summed E-state index contributed by atoms with van der Waals surface area (Å²) in [5.74, 6) is -1.07. The van der Waals surface area contributed by atoms with Crippen LogP contribution in [0.2, 0.25) is 0 Å². The average Bonchev–Trinajstić information content (AvgIpc) is 2.43. The van der Waals surface area contributed by atoms with E-state index in [1.807, 2.05) is 36.1 Å². The zero-order valence-corrected chi connectivity index (χ0v) is 14.0. The van der Waals surface area contributed by atoms with E-state index in [0.29, 0.717) is 25.9 Å². The smallest absolute Gasteiger partial charge is 0.306 e. The van der Waals surface area contributed by atoms with Crippen LogP contribution in [0.5, 0.6) is 0 Å². The molecule has 2 N–H and O–H groups in total. The topological polar surface area (TPSA) is 69.6 Å². The lowest BCUT2D eigenvalue weighted by molar-refractivity contribution is -0.144. The third-order valence-corrected chi connectivity index (χ3v) is 4.80. The Bertz CT molecular complexity index is 535. The van der Waals surface area contributed by atoms with Gasteiger partial charge in [-0.25, -0.2) is 0 Å². The SMILES string of the molecule is CC1CC(C(=O)O)CCN1CC(=O)Nc1ccccc1I. The maximum absolute atomic E-state index is 12.1. The zero-order valence-electron chi connectivity index (χ0n) is 11.9. The Labute approximate surface area is 137 Å². The summed E-state index contributed by atoms with van der Waals surface area (Å²) < 4.78 is 1.00. The summed E-state index contributed by atoms with van der Waals surface area (Å²) in [6.45, 7) is 2.94. The number of aliphatic carboxylic acids is 1. The van der Waals surface area contributed by atoms with E-state index >= 15 is 0 Å². The number of para-hydroxylation sites is 1. The zero-order chi connectivity index (χ0) is 15.4. The third-order valence-electron chi connectivity index (χ3n) is 3.86. The van der Waals surface area contributed by atoms with E-state index in [1.54, 1.807) is 0 Å². The number of hydrogen-bond acceptors (Lipinski definition) is 3. The van der Waals surface area contributed by atoms with E-state index in [1.165, 1.54) is 0 Å². The first-order valence-corrected chi connectivity index (χ1v) is 8.06. The Balaban J connectivity index is 1.89. The lowest BCUT2D eigenvalue weighted by Crippen LogP contribution is -2.46. The van der Waals surface area contributed by atoms with Crippen molar-refractivity contribution in [3.05, 3.63) is 27.8 Å². The number of hydrogen-bond donors (Lipinski definition) is 2. The maximum Gasteiger partial charge on any atom is 0.306 e. The maximum atomic E-state index is 12.1. The molecule has 2 atom stereocenters. The summed E-state index contributed by atoms with van der Waals surface area (Å²) >= 11 is 2.18. The monoisotopic (exact) mass is 402 g/mol. The Morgan fingerprint density at radius 1 is 1.43 bits per heavy atom. The van der Waals surface area contributed by atoms with E-state index in [2.05, 4.69) is 27.9 Å². The van der Waals surface area contributed by atoms with Crippen molar-refractivity contribution in [3.8, 4) is 0 Å². The van der Waals surface area contributed by atoms with E-state index in [0.717, 1.165) is 9.26 Å². The molecule has 0 saturated carbocycles. The standard InChI is InChI=1S/C15H19IN2O3/c1-10-8-11(15(20)21)6-7-18(10)9-14(19)17-13-5-3-2-4-12(13)16/h2-5,10-11H,6-9H2,1H3,(H,17,19)(H,20,21). The normalized spacial score (nSPS) is 22.8. The number of carbonyl (C=O) groups excluding carboxylic acids is 1. The molecule has 1 aromatic carbocycles. The Kier molecular flexibility index (Phi) is 5.58. The van der Waals surface area contributed by atoms with E-state index in [4.69, 9.17) is 5.11 Å². The van der Waals surface area contributed by atoms with Crippen molar-refractivity contribution in [2.45, 2.75) is 25.8 Å². The molecule has 2 unspecified atom stereocenters. The van der Waals surface area contributed by atoms with Gasteiger partial charge in [0, 0.05) is 9.61 Å². The van der Waals surface area contributed by atoms with Crippen LogP contribution in [0.4, 0.5) is 5.69 Å². The molecule has 1 saturated heterocycles. The molecule has 1 amide bonds. The van der Waals surface area contributed by atoms with Gasteiger partial charge in [-0.1, -0.05) is 12.1 Å². The Hall–Kier alpha value is -1.15. The second kappa shape index (κ2) is 7.22. The fourth-order valence-electron chi connectivity index (χ4n) is 2.62. The van der Waals surface area contributed by atoms with Crippen LogP contribution >= 0.6 is 22.6 Å².